The van der Waals surface area contributed by atoms with Crippen LogP contribution in [0.1, 0.15) is 21.5 Å². The number of halogens is 1. The van der Waals surface area contributed by atoms with Crippen LogP contribution in [-0.4, -0.2) is 21.5 Å². The molecular weight excluding hydrogens is 321 g/mol. The quantitative estimate of drug-likeness (QED) is 0.871. The van der Waals surface area contributed by atoms with Crippen molar-refractivity contribution in [1.82, 2.24) is 0 Å². The van der Waals surface area contributed by atoms with Crippen molar-refractivity contribution in [2.24, 2.45) is 0 Å². The van der Waals surface area contributed by atoms with Crippen molar-refractivity contribution in [2.75, 3.05) is 11.8 Å². The highest BCUT2D eigenvalue weighted by Crippen LogP contribution is 2.23. The maximum absolute atomic E-state index is 13.3. The Morgan fingerprint density at radius 1 is 1.09 bits per heavy atom. The first-order chi connectivity index (χ1) is 10.7. The number of ether oxygens (including phenoxy) is 1. The van der Waals surface area contributed by atoms with Crippen LogP contribution in [0, 0.1) is 19.7 Å². The van der Waals surface area contributed by atoms with Gasteiger partial charge in [0, 0.05) is 0 Å². The van der Waals surface area contributed by atoms with Crippen LogP contribution in [0.4, 0.5) is 10.1 Å². The fourth-order valence-corrected chi connectivity index (χ4v) is 3.43. The van der Waals surface area contributed by atoms with Crippen molar-refractivity contribution < 1.29 is 22.3 Å². The van der Waals surface area contributed by atoms with E-state index < -0.39 is 21.8 Å². The Morgan fingerprint density at radius 2 is 1.74 bits per heavy atom. The molecule has 0 bridgehead atoms. The van der Waals surface area contributed by atoms with Crippen molar-refractivity contribution in [3.63, 3.8) is 0 Å². The van der Waals surface area contributed by atoms with Crippen LogP contribution in [0.15, 0.2) is 41.3 Å². The van der Waals surface area contributed by atoms with Gasteiger partial charge in [-0.3, -0.25) is 4.72 Å². The summed E-state index contributed by atoms with van der Waals surface area (Å²) in [6, 6.07) is 8.05. The lowest BCUT2D eigenvalue weighted by Gasteiger charge is -2.13. The van der Waals surface area contributed by atoms with Crippen molar-refractivity contribution in [3.8, 4) is 0 Å². The van der Waals surface area contributed by atoms with E-state index in [1.165, 1.54) is 37.4 Å². The van der Waals surface area contributed by atoms with Crippen LogP contribution >= 0.6 is 0 Å². The molecule has 0 saturated carbocycles. The number of hydrogen-bond donors (Lipinski definition) is 1. The summed E-state index contributed by atoms with van der Waals surface area (Å²) in [5.41, 5.74) is 1.30. The van der Waals surface area contributed by atoms with Gasteiger partial charge in [-0.25, -0.2) is 17.6 Å². The van der Waals surface area contributed by atoms with Gasteiger partial charge in [0.05, 0.1) is 23.3 Å². The molecule has 0 aliphatic rings. The highest BCUT2D eigenvalue weighted by molar-refractivity contribution is 7.92. The average Bonchev–Trinajstić information content (AvgIpc) is 2.50. The van der Waals surface area contributed by atoms with E-state index in [0.717, 1.165) is 6.07 Å². The molecule has 5 nitrogen and oxygen atoms in total. The van der Waals surface area contributed by atoms with Crippen LogP contribution in [0.2, 0.25) is 0 Å². The summed E-state index contributed by atoms with van der Waals surface area (Å²) >= 11 is 0. The van der Waals surface area contributed by atoms with E-state index in [4.69, 9.17) is 0 Å². The number of aryl methyl sites for hydroxylation is 2. The number of carbonyl (C=O) groups excluding carboxylic acids is 1. The zero-order valence-electron chi connectivity index (χ0n) is 12.9. The van der Waals surface area contributed by atoms with Crippen LogP contribution in [-0.2, 0) is 14.8 Å². The van der Waals surface area contributed by atoms with E-state index in [0.29, 0.717) is 11.1 Å². The lowest BCUT2D eigenvalue weighted by atomic mass is 10.1. The first-order valence-corrected chi connectivity index (χ1v) is 8.21. The smallest absolute Gasteiger partial charge is 0.337 e. The summed E-state index contributed by atoms with van der Waals surface area (Å²) in [4.78, 5) is 11.5. The van der Waals surface area contributed by atoms with E-state index >= 15 is 0 Å². The number of esters is 1. The molecule has 0 unspecified atom stereocenters. The number of methoxy groups -OCH3 is 1. The summed E-state index contributed by atoms with van der Waals surface area (Å²) < 4.78 is 45.4. The lowest BCUT2D eigenvalue weighted by Crippen LogP contribution is -2.16. The average molecular weight is 337 g/mol. The van der Waals surface area contributed by atoms with E-state index in [9.17, 15) is 17.6 Å². The molecule has 23 heavy (non-hydrogen) atoms. The first kappa shape index (κ1) is 17.0. The minimum absolute atomic E-state index is 0.0657. The van der Waals surface area contributed by atoms with Gasteiger partial charge in [-0.1, -0.05) is 12.1 Å². The summed E-state index contributed by atoms with van der Waals surface area (Å²) in [7, 11) is -2.76. The zero-order chi connectivity index (χ0) is 17.2. The van der Waals surface area contributed by atoms with Gasteiger partial charge in [0.25, 0.3) is 10.0 Å². The maximum Gasteiger partial charge on any atom is 0.337 e. The van der Waals surface area contributed by atoms with Crippen molar-refractivity contribution in [3.05, 3.63) is 58.9 Å². The molecule has 0 amide bonds. The van der Waals surface area contributed by atoms with Gasteiger partial charge in [0.2, 0.25) is 0 Å². The second-order valence-electron chi connectivity index (χ2n) is 5.04. The maximum atomic E-state index is 13.3. The molecule has 0 radical (unpaired) electrons. The molecule has 2 aromatic carbocycles. The number of rotatable bonds is 4. The molecule has 0 spiro atoms. The summed E-state index contributed by atoms with van der Waals surface area (Å²) in [6.45, 7) is 3.27. The van der Waals surface area contributed by atoms with Crippen molar-refractivity contribution >= 4 is 21.7 Å². The lowest BCUT2D eigenvalue weighted by molar-refractivity contribution is 0.0600. The van der Waals surface area contributed by atoms with Gasteiger partial charge < -0.3 is 4.74 Å². The Balaban J connectivity index is 2.47. The number of nitrogens with one attached hydrogen (secondary N) is 1. The molecule has 1 N–H and O–H groups in total. The Bertz CT molecular complexity index is 862. The summed E-state index contributed by atoms with van der Waals surface area (Å²) in [5, 5.41) is 0. The molecule has 0 aromatic heterocycles. The monoisotopic (exact) mass is 337 g/mol. The van der Waals surface area contributed by atoms with E-state index in [2.05, 4.69) is 9.46 Å². The largest absolute Gasteiger partial charge is 0.465 e. The molecule has 0 aliphatic heterocycles. The fraction of sp³-hybridized carbons (Fsp3) is 0.188. The van der Waals surface area contributed by atoms with Crippen molar-refractivity contribution in [1.29, 1.82) is 0 Å². The van der Waals surface area contributed by atoms with E-state index in [1.54, 1.807) is 13.8 Å². The van der Waals surface area contributed by atoms with E-state index in [-0.39, 0.29) is 16.1 Å². The third-order valence-electron chi connectivity index (χ3n) is 3.34. The highest BCUT2D eigenvalue weighted by Gasteiger charge is 2.20. The van der Waals surface area contributed by atoms with Gasteiger partial charge in [-0.15, -0.1) is 0 Å². The molecular formula is C16H16FNO4S. The zero-order valence-corrected chi connectivity index (χ0v) is 13.7. The number of benzene rings is 2. The summed E-state index contributed by atoms with van der Waals surface area (Å²) in [5.74, 6) is -1.18. The fourth-order valence-electron chi connectivity index (χ4n) is 2.04. The van der Waals surface area contributed by atoms with Crippen LogP contribution in [0.3, 0.4) is 0 Å². The standard InChI is InChI=1S/C16H16FNO4S/c1-10-5-7-13(17)9-14(10)18-23(20,21)15-8-12(16(19)22-3)6-4-11(15)2/h4-9,18H,1-3H3. The van der Waals surface area contributed by atoms with Crippen LogP contribution in [0.5, 0.6) is 0 Å². The Morgan fingerprint density at radius 3 is 2.39 bits per heavy atom. The number of carbonyl (C=O) groups is 1. The van der Waals surface area contributed by atoms with Gasteiger partial charge in [-0.2, -0.15) is 0 Å². The van der Waals surface area contributed by atoms with Gasteiger partial charge in [0.1, 0.15) is 5.82 Å². The van der Waals surface area contributed by atoms with E-state index in [1.807, 2.05) is 0 Å². The predicted molar refractivity (Wildman–Crippen MR) is 84.5 cm³/mol. The normalized spacial score (nSPS) is 11.1. The number of hydrogen-bond acceptors (Lipinski definition) is 4. The molecule has 0 fully saturated rings. The third kappa shape index (κ3) is 3.68. The second kappa shape index (κ2) is 6.37. The second-order valence-corrected chi connectivity index (χ2v) is 6.69. The Labute approximate surface area is 134 Å². The number of anilines is 1. The predicted octanol–water partition coefficient (Wildman–Crippen LogP) is 3.03. The molecule has 2 aromatic rings. The molecule has 7 heteroatoms. The third-order valence-corrected chi connectivity index (χ3v) is 4.85. The summed E-state index contributed by atoms with van der Waals surface area (Å²) in [6.07, 6.45) is 0. The molecule has 122 valence electrons. The first-order valence-electron chi connectivity index (χ1n) is 6.72. The van der Waals surface area contributed by atoms with Gasteiger partial charge in [-0.05, 0) is 49.2 Å². The SMILES string of the molecule is COC(=O)c1ccc(C)c(S(=O)(=O)Nc2cc(F)ccc2C)c1. The molecule has 0 atom stereocenters. The minimum Gasteiger partial charge on any atom is -0.465 e. The molecule has 2 rings (SSSR count). The van der Waals surface area contributed by atoms with Gasteiger partial charge in [0.15, 0.2) is 0 Å². The number of sulfonamides is 1. The Hall–Kier alpha value is -2.41. The highest BCUT2D eigenvalue weighted by atomic mass is 32.2. The topological polar surface area (TPSA) is 72.5 Å². The van der Waals surface area contributed by atoms with Gasteiger partial charge >= 0.3 is 5.97 Å². The molecule has 0 saturated heterocycles. The van der Waals surface area contributed by atoms with Crippen LogP contribution in [0.25, 0.3) is 0 Å². The molecule has 0 aliphatic carbocycles. The van der Waals surface area contributed by atoms with Crippen LogP contribution < -0.4 is 4.72 Å². The minimum atomic E-state index is -3.97. The van der Waals surface area contributed by atoms with Crippen molar-refractivity contribution in [2.45, 2.75) is 18.7 Å². The Kier molecular flexibility index (Phi) is 4.70. The molecule has 0 heterocycles.